The maximum atomic E-state index is 6.18. The highest BCUT2D eigenvalue weighted by Crippen LogP contribution is 2.36. The number of nitrogen functional groups attached to an aromatic ring is 1. The summed E-state index contributed by atoms with van der Waals surface area (Å²) < 4.78 is 0. The second-order valence-corrected chi connectivity index (χ2v) is 5.69. The number of hydrogen-bond donors (Lipinski definition) is 2. The Morgan fingerprint density at radius 1 is 0.905 bits per heavy atom. The SMILES string of the molecule is Nc1ccc(Nc2cc(Cl)c(Cl)cc2Cl)c2ncccc12. The molecule has 1 aromatic heterocycles. The van der Waals surface area contributed by atoms with Crippen molar-refractivity contribution in [2.24, 2.45) is 0 Å². The van der Waals surface area contributed by atoms with Crippen LogP contribution in [0, 0.1) is 0 Å². The molecule has 0 spiro atoms. The van der Waals surface area contributed by atoms with Crippen LogP contribution in [0.2, 0.25) is 15.1 Å². The Bertz CT molecular complexity index is 834. The third kappa shape index (κ3) is 2.72. The molecule has 1 heterocycles. The van der Waals surface area contributed by atoms with Gasteiger partial charge in [0.2, 0.25) is 0 Å². The van der Waals surface area contributed by atoms with E-state index in [1.165, 1.54) is 0 Å². The van der Waals surface area contributed by atoms with Crippen molar-refractivity contribution in [3.05, 3.63) is 57.7 Å². The number of halogens is 3. The van der Waals surface area contributed by atoms with Crippen molar-refractivity contribution in [1.29, 1.82) is 0 Å². The Morgan fingerprint density at radius 2 is 1.67 bits per heavy atom. The Hall–Kier alpha value is -1.68. The first-order chi connectivity index (χ1) is 10.1. The quantitative estimate of drug-likeness (QED) is 0.478. The molecule has 0 aliphatic carbocycles. The van der Waals surface area contributed by atoms with Gasteiger partial charge < -0.3 is 11.1 Å². The number of nitrogens with one attached hydrogen (secondary N) is 1. The maximum Gasteiger partial charge on any atom is 0.0957 e. The minimum absolute atomic E-state index is 0.410. The summed E-state index contributed by atoms with van der Waals surface area (Å²) in [5.74, 6) is 0. The van der Waals surface area contributed by atoms with Crippen molar-refractivity contribution >= 4 is 62.8 Å². The molecule has 2 aromatic carbocycles. The molecule has 6 heteroatoms. The standard InChI is InChI=1S/C15H10Cl3N3/c16-9-6-11(18)14(7-10(9)17)21-13-4-3-12(19)8-2-1-5-20-15(8)13/h1-7,21H,19H2. The van der Waals surface area contributed by atoms with Crippen LogP contribution in [0.15, 0.2) is 42.6 Å². The second-order valence-electron chi connectivity index (χ2n) is 4.47. The first-order valence-electron chi connectivity index (χ1n) is 6.11. The number of aromatic nitrogens is 1. The number of pyridine rings is 1. The largest absolute Gasteiger partial charge is 0.398 e. The molecule has 0 saturated carbocycles. The van der Waals surface area contributed by atoms with Gasteiger partial charge in [-0.15, -0.1) is 0 Å². The van der Waals surface area contributed by atoms with Crippen molar-refractivity contribution in [2.75, 3.05) is 11.1 Å². The Labute approximate surface area is 136 Å². The van der Waals surface area contributed by atoms with Gasteiger partial charge in [-0.05, 0) is 36.4 Å². The molecule has 3 N–H and O–H groups in total. The molecule has 0 fully saturated rings. The van der Waals surface area contributed by atoms with Crippen LogP contribution in [-0.4, -0.2) is 4.98 Å². The van der Waals surface area contributed by atoms with Crippen LogP contribution in [0.25, 0.3) is 10.9 Å². The van der Waals surface area contributed by atoms with Crippen molar-refractivity contribution in [3.8, 4) is 0 Å². The predicted octanol–water partition coefficient (Wildman–Crippen LogP) is 5.52. The highest BCUT2D eigenvalue weighted by atomic mass is 35.5. The summed E-state index contributed by atoms with van der Waals surface area (Å²) in [6.07, 6.45) is 1.71. The monoisotopic (exact) mass is 337 g/mol. The van der Waals surface area contributed by atoms with Crippen LogP contribution >= 0.6 is 34.8 Å². The number of anilines is 3. The molecule has 0 aliphatic rings. The van der Waals surface area contributed by atoms with Gasteiger partial charge in [-0.3, -0.25) is 4.98 Å². The van der Waals surface area contributed by atoms with Gasteiger partial charge in [-0.2, -0.15) is 0 Å². The molecule has 0 saturated heterocycles. The van der Waals surface area contributed by atoms with E-state index >= 15 is 0 Å². The van der Waals surface area contributed by atoms with Gasteiger partial charge in [0.05, 0.1) is 32.0 Å². The van der Waals surface area contributed by atoms with E-state index in [-0.39, 0.29) is 0 Å². The zero-order valence-electron chi connectivity index (χ0n) is 10.7. The van der Waals surface area contributed by atoms with Gasteiger partial charge in [0.15, 0.2) is 0 Å². The smallest absolute Gasteiger partial charge is 0.0957 e. The average Bonchev–Trinajstić information content (AvgIpc) is 2.48. The molecule has 0 bridgehead atoms. The Morgan fingerprint density at radius 3 is 2.48 bits per heavy atom. The third-order valence-corrected chi connectivity index (χ3v) is 4.12. The van der Waals surface area contributed by atoms with Crippen LogP contribution in [0.3, 0.4) is 0 Å². The first kappa shape index (κ1) is 14.3. The average molecular weight is 339 g/mol. The zero-order chi connectivity index (χ0) is 15.0. The van der Waals surface area contributed by atoms with Crippen molar-refractivity contribution in [3.63, 3.8) is 0 Å². The summed E-state index contributed by atoms with van der Waals surface area (Å²) in [5, 5.41) is 5.41. The summed E-state index contributed by atoms with van der Waals surface area (Å²) >= 11 is 18.1. The summed E-state index contributed by atoms with van der Waals surface area (Å²) in [5.41, 5.74) is 8.84. The fraction of sp³-hybridized carbons (Fsp3) is 0. The summed E-state index contributed by atoms with van der Waals surface area (Å²) in [6, 6.07) is 10.7. The molecule has 0 radical (unpaired) electrons. The van der Waals surface area contributed by atoms with E-state index in [0.29, 0.717) is 26.4 Å². The summed E-state index contributed by atoms with van der Waals surface area (Å²) in [7, 11) is 0. The van der Waals surface area contributed by atoms with Gasteiger partial charge in [-0.1, -0.05) is 34.8 Å². The molecule has 0 amide bonds. The summed E-state index contributed by atoms with van der Waals surface area (Å²) in [4.78, 5) is 4.36. The van der Waals surface area contributed by atoms with Crippen LogP contribution in [0.5, 0.6) is 0 Å². The van der Waals surface area contributed by atoms with E-state index < -0.39 is 0 Å². The highest BCUT2D eigenvalue weighted by molar-refractivity contribution is 6.44. The molecule has 3 nitrogen and oxygen atoms in total. The fourth-order valence-corrected chi connectivity index (χ4v) is 2.65. The molecular weight excluding hydrogens is 329 g/mol. The molecule has 0 aliphatic heterocycles. The molecule has 3 rings (SSSR count). The lowest BCUT2D eigenvalue weighted by atomic mass is 10.1. The first-order valence-corrected chi connectivity index (χ1v) is 7.24. The normalized spacial score (nSPS) is 10.8. The number of hydrogen-bond acceptors (Lipinski definition) is 3. The minimum atomic E-state index is 0.410. The van der Waals surface area contributed by atoms with Crippen LogP contribution in [-0.2, 0) is 0 Å². The lowest BCUT2D eigenvalue weighted by Crippen LogP contribution is -1.96. The van der Waals surface area contributed by atoms with Gasteiger partial charge in [0, 0.05) is 17.3 Å². The van der Waals surface area contributed by atoms with E-state index in [9.17, 15) is 0 Å². The van der Waals surface area contributed by atoms with Crippen molar-refractivity contribution in [1.82, 2.24) is 4.98 Å². The van der Waals surface area contributed by atoms with E-state index in [1.54, 1.807) is 18.3 Å². The molecule has 3 aromatic rings. The number of benzene rings is 2. The second kappa shape index (κ2) is 5.60. The molecule has 106 valence electrons. The minimum Gasteiger partial charge on any atom is -0.398 e. The molecule has 0 unspecified atom stereocenters. The number of nitrogens with two attached hydrogens (primary N) is 1. The zero-order valence-corrected chi connectivity index (χ0v) is 13.0. The highest BCUT2D eigenvalue weighted by Gasteiger charge is 2.09. The lowest BCUT2D eigenvalue weighted by Gasteiger charge is -2.12. The third-order valence-electron chi connectivity index (χ3n) is 3.08. The maximum absolute atomic E-state index is 6.18. The number of nitrogens with zero attached hydrogens (tertiary/aromatic N) is 1. The predicted molar refractivity (Wildman–Crippen MR) is 90.9 cm³/mol. The van der Waals surface area contributed by atoms with Crippen LogP contribution in [0.4, 0.5) is 17.1 Å². The van der Waals surface area contributed by atoms with Crippen LogP contribution in [0.1, 0.15) is 0 Å². The van der Waals surface area contributed by atoms with E-state index in [1.807, 2.05) is 24.3 Å². The molecule has 21 heavy (non-hydrogen) atoms. The van der Waals surface area contributed by atoms with Crippen LogP contribution < -0.4 is 11.1 Å². The Balaban J connectivity index is 2.11. The van der Waals surface area contributed by atoms with E-state index in [4.69, 9.17) is 40.5 Å². The van der Waals surface area contributed by atoms with Crippen molar-refractivity contribution in [2.45, 2.75) is 0 Å². The molecular formula is C15H10Cl3N3. The van der Waals surface area contributed by atoms with E-state index in [2.05, 4.69) is 10.3 Å². The lowest BCUT2D eigenvalue weighted by molar-refractivity contribution is 1.40. The number of rotatable bonds is 2. The topological polar surface area (TPSA) is 50.9 Å². The van der Waals surface area contributed by atoms with Gasteiger partial charge in [-0.25, -0.2) is 0 Å². The van der Waals surface area contributed by atoms with E-state index in [0.717, 1.165) is 16.6 Å². The molecule has 0 atom stereocenters. The fourth-order valence-electron chi connectivity index (χ4n) is 2.06. The summed E-state index contributed by atoms with van der Waals surface area (Å²) in [6.45, 7) is 0. The van der Waals surface area contributed by atoms with Crippen molar-refractivity contribution < 1.29 is 0 Å². The number of fused-ring (bicyclic) bond motifs is 1. The van der Waals surface area contributed by atoms with Gasteiger partial charge >= 0.3 is 0 Å². The Kier molecular flexibility index (Phi) is 3.81. The van der Waals surface area contributed by atoms with Gasteiger partial charge in [0.25, 0.3) is 0 Å². The van der Waals surface area contributed by atoms with Gasteiger partial charge in [0.1, 0.15) is 0 Å².